The Morgan fingerprint density at radius 3 is 2.63 bits per heavy atom. The van der Waals surface area contributed by atoms with Gasteiger partial charge in [-0.05, 0) is 47.5 Å². The Labute approximate surface area is 122 Å². The SMILES string of the molecule is Cc1cc(Br)c(N)cc1S(=O)(=O)N(C)C(C)CC#N. The van der Waals surface area contributed by atoms with Crippen molar-refractivity contribution in [2.45, 2.75) is 31.2 Å². The fourth-order valence-electron chi connectivity index (χ4n) is 1.60. The topological polar surface area (TPSA) is 87.2 Å². The summed E-state index contributed by atoms with van der Waals surface area (Å²) in [5, 5.41) is 8.66. The van der Waals surface area contributed by atoms with Crippen LogP contribution in [0.2, 0.25) is 0 Å². The van der Waals surface area contributed by atoms with Gasteiger partial charge < -0.3 is 5.73 Å². The average Bonchev–Trinajstić information content (AvgIpc) is 2.32. The number of aryl methyl sites for hydroxylation is 1. The molecule has 0 spiro atoms. The van der Waals surface area contributed by atoms with Crippen molar-refractivity contribution in [3.05, 3.63) is 22.2 Å². The van der Waals surface area contributed by atoms with Crippen LogP contribution in [-0.2, 0) is 10.0 Å². The second kappa shape index (κ2) is 5.90. The fourth-order valence-corrected chi connectivity index (χ4v) is 3.66. The monoisotopic (exact) mass is 345 g/mol. The summed E-state index contributed by atoms with van der Waals surface area (Å²) in [5.41, 5.74) is 6.71. The quantitative estimate of drug-likeness (QED) is 0.847. The number of nitriles is 1. The third-order valence-corrected chi connectivity index (χ3v) is 5.76. The van der Waals surface area contributed by atoms with Gasteiger partial charge in [-0.25, -0.2) is 8.42 Å². The minimum atomic E-state index is -3.65. The fraction of sp³-hybridized carbons (Fsp3) is 0.417. The summed E-state index contributed by atoms with van der Waals surface area (Å²) in [7, 11) is -2.18. The molecule has 1 rings (SSSR count). The standard InChI is InChI=1S/C12H16BrN3O2S/c1-8-6-10(13)11(15)7-12(8)19(17,18)16(3)9(2)4-5-14/h6-7,9H,4,15H2,1-3H3. The van der Waals surface area contributed by atoms with Crippen molar-refractivity contribution in [2.75, 3.05) is 12.8 Å². The Bertz CT molecular complexity index is 623. The van der Waals surface area contributed by atoms with Gasteiger partial charge >= 0.3 is 0 Å². The van der Waals surface area contributed by atoms with Crippen LogP contribution in [0.5, 0.6) is 0 Å². The van der Waals surface area contributed by atoms with E-state index in [9.17, 15) is 8.42 Å². The summed E-state index contributed by atoms with van der Waals surface area (Å²) in [6, 6.07) is 4.69. The number of halogens is 1. The molecule has 1 atom stereocenters. The van der Waals surface area contributed by atoms with Crippen LogP contribution in [-0.4, -0.2) is 25.8 Å². The van der Waals surface area contributed by atoms with E-state index in [0.29, 0.717) is 15.7 Å². The van der Waals surface area contributed by atoms with Crippen LogP contribution >= 0.6 is 15.9 Å². The van der Waals surface area contributed by atoms with E-state index >= 15 is 0 Å². The summed E-state index contributed by atoms with van der Waals surface area (Å²) in [6.07, 6.45) is 0.140. The van der Waals surface area contributed by atoms with E-state index in [0.717, 1.165) is 0 Å². The van der Waals surface area contributed by atoms with Crippen molar-refractivity contribution in [2.24, 2.45) is 0 Å². The van der Waals surface area contributed by atoms with Gasteiger partial charge in [-0.1, -0.05) is 0 Å². The lowest BCUT2D eigenvalue weighted by atomic mass is 10.2. The zero-order valence-electron chi connectivity index (χ0n) is 11.0. The Balaban J connectivity index is 3.29. The van der Waals surface area contributed by atoms with Crippen LogP contribution < -0.4 is 5.73 Å². The van der Waals surface area contributed by atoms with Gasteiger partial charge in [-0.3, -0.25) is 0 Å². The van der Waals surface area contributed by atoms with Crippen molar-refractivity contribution >= 4 is 31.6 Å². The maximum absolute atomic E-state index is 12.5. The van der Waals surface area contributed by atoms with Gasteiger partial charge in [0.05, 0.1) is 17.4 Å². The molecule has 2 N–H and O–H groups in total. The van der Waals surface area contributed by atoms with Crippen LogP contribution in [0.4, 0.5) is 5.69 Å². The number of hydrogen-bond donors (Lipinski definition) is 1. The number of hydrogen-bond acceptors (Lipinski definition) is 4. The summed E-state index contributed by atoms with van der Waals surface area (Å²) in [5.74, 6) is 0. The Morgan fingerprint density at radius 1 is 1.53 bits per heavy atom. The number of anilines is 1. The first-order valence-electron chi connectivity index (χ1n) is 5.62. The molecular weight excluding hydrogens is 330 g/mol. The van der Waals surface area contributed by atoms with Gasteiger partial charge in [0.2, 0.25) is 10.0 Å². The lowest BCUT2D eigenvalue weighted by Crippen LogP contribution is -2.35. The van der Waals surface area contributed by atoms with Crippen molar-refractivity contribution in [3.63, 3.8) is 0 Å². The molecule has 19 heavy (non-hydrogen) atoms. The molecule has 7 heteroatoms. The summed E-state index contributed by atoms with van der Waals surface area (Å²) in [4.78, 5) is 0.167. The Hall–Kier alpha value is -1.10. The predicted octanol–water partition coefficient (Wildman–Crippen LogP) is 2.26. The van der Waals surface area contributed by atoms with Crippen LogP contribution in [0, 0.1) is 18.3 Å². The second-order valence-corrected chi connectivity index (χ2v) is 7.19. The maximum Gasteiger partial charge on any atom is 0.243 e. The average molecular weight is 346 g/mol. The van der Waals surface area contributed by atoms with E-state index in [-0.39, 0.29) is 17.4 Å². The molecule has 0 aliphatic rings. The van der Waals surface area contributed by atoms with E-state index in [1.54, 1.807) is 19.9 Å². The lowest BCUT2D eigenvalue weighted by Gasteiger charge is -2.23. The molecule has 0 aromatic heterocycles. The van der Waals surface area contributed by atoms with Crippen LogP contribution in [0.3, 0.4) is 0 Å². The molecule has 1 unspecified atom stereocenters. The minimum absolute atomic E-state index is 0.140. The number of sulfonamides is 1. The van der Waals surface area contributed by atoms with Crippen LogP contribution in [0.15, 0.2) is 21.5 Å². The number of nitrogens with zero attached hydrogens (tertiary/aromatic N) is 2. The van der Waals surface area contributed by atoms with Crippen molar-refractivity contribution in [3.8, 4) is 6.07 Å². The third-order valence-electron chi connectivity index (χ3n) is 2.96. The Morgan fingerprint density at radius 2 is 2.11 bits per heavy atom. The molecule has 1 aromatic rings. The van der Waals surface area contributed by atoms with Crippen LogP contribution in [0.25, 0.3) is 0 Å². The first-order valence-corrected chi connectivity index (χ1v) is 7.85. The highest BCUT2D eigenvalue weighted by atomic mass is 79.9. The number of benzene rings is 1. The largest absolute Gasteiger partial charge is 0.398 e. The van der Waals surface area contributed by atoms with Gasteiger partial charge in [0.1, 0.15) is 0 Å². The molecule has 0 radical (unpaired) electrons. The molecule has 0 amide bonds. The molecule has 0 fully saturated rings. The molecule has 0 heterocycles. The van der Waals surface area contributed by atoms with Gasteiger partial charge in [-0.2, -0.15) is 9.57 Å². The van der Waals surface area contributed by atoms with Gasteiger partial charge in [0.25, 0.3) is 0 Å². The molecule has 0 bridgehead atoms. The first-order chi connectivity index (χ1) is 8.71. The van der Waals surface area contributed by atoms with Crippen LogP contribution in [0.1, 0.15) is 18.9 Å². The molecule has 0 aliphatic heterocycles. The van der Waals surface area contributed by atoms with Crippen molar-refractivity contribution in [1.29, 1.82) is 5.26 Å². The van der Waals surface area contributed by atoms with Gasteiger partial charge in [0, 0.05) is 23.2 Å². The van der Waals surface area contributed by atoms with E-state index in [1.165, 1.54) is 17.4 Å². The molecule has 0 saturated carbocycles. The lowest BCUT2D eigenvalue weighted by molar-refractivity contribution is 0.393. The Kier molecular flexibility index (Phi) is 4.96. The highest BCUT2D eigenvalue weighted by Gasteiger charge is 2.27. The molecule has 0 aliphatic carbocycles. The van der Waals surface area contributed by atoms with E-state index in [4.69, 9.17) is 11.0 Å². The smallest absolute Gasteiger partial charge is 0.243 e. The zero-order valence-corrected chi connectivity index (χ0v) is 13.4. The third kappa shape index (κ3) is 3.26. The predicted molar refractivity (Wildman–Crippen MR) is 77.9 cm³/mol. The molecule has 104 valence electrons. The summed E-state index contributed by atoms with van der Waals surface area (Å²) >= 11 is 3.26. The molecular formula is C12H16BrN3O2S. The minimum Gasteiger partial charge on any atom is -0.398 e. The number of nitrogen functional groups attached to an aromatic ring is 1. The van der Waals surface area contributed by atoms with Crippen molar-refractivity contribution in [1.82, 2.24) is 4.31 Å². The number of rotatable bonds is 4. The van der Waals surface area contributed by atoms with E-state index in [2.05, 4.69) is 15.9 Å². The normalized spacial score (nSPS) is 13.3. The van der Waals surface area contributed by atoms with Gasteiger partial charge in [-0.15, -0.1) is 0 Å². The zero-order chi connectivity index (χ0) is 14.8. The highest BCUT2D eigenvalue weighted by molar-refractivity contribution is 9.10. The van der Waals surface area contributed by atoms with Gasteiger partial charge in [0.15, 0.2) is 0 Å². The molecule has 0 saturated heterocycles. The summed E-state index contributed by atoms with van der Waals surface area (Å²) in [6.45, 7) is 3.40. The van der Waals surface area contributed by atoms with E-state index < -0.39 is 10.0 Å². The highest BCUT2D eigenvalue weighted by Crippen LogP contribution is 2.28. The molecule has 5 nitrogen and oxygen atoms in total. The summed E-state index contributed by atoms with van der Waals surface area (Å²) < 4.78 is 26.8. The van der Waals surface area contributed by atoms with Crippen molar-refractivity contribution < 1.29 is 8.42 Å². The maximum atomic E-state index is 12.5. The van der Waals surface area contributed by atoms with E-state index in [1.807, 2.05) is 6.07 Å². The number of nitrogens with two attached hydrogens (primary N) is 1. The second-order valence-electron chi connectivity index (χ2n) is 4.37. The molecule has 1 aromatic carbocycles. The first kappa shape index (κ1) is 16.0.